The number of rotatable bonds is 6. The van der Waals surface area contributed by atoms with Crippen LogP contribution in [0.4, 0.5) is 0 Å². The Labute approximate surface area is 106 Å². The number of fused-ring (bicyclic) bond motifs is 1. The quantitative estimate of drug-likeness (QED) is 0.599. The molecule has 0 radical (unpaired) electrons. The van der Waals surface area contributed by atoms with Crippen LogP contribution in [0.25, 0.3) is 16.9 Å². The number of nitrogens with one attached hydrogen (secondary N) is 1. The van der Waals surface area contributed by atoms with Gasteiger partial charge < -0.3 is 10.7 Å². The second kappa shape index (κ2) is 5.55. The molecule has 0 saturated heterocycles. The molecule has 0 saturated carbocycles. The lowest BCUT2D eigenvalue weighted by molar-refractivity contribution is 0.724. The lowest BCUT2D eigenvalue weighted by atomic mass is 10.2. The van der Waals surface area contributed by atoms with E-state index in [2.05, 4.69) is 33.1 Å². The zero-order chi connectivity index (χ0) is 13.0. The van der Waals surface area contributed by atoms with Crippen molar-refractivity contribution < 1.29 is 0 Å². The van der Waals surface area contributed by atoms with Crippen LogP contribution < -0.4 is 5.73 Å². The Morgan fingerprint density at radius 2 is 2.22 bits per heavy atom. The van der Waals surface area contributed by atoms with Crippen molar-refractivity contribution in [3.8, 4) is 0 Å². The minimum absolute atomic E-state index is 0.637. The highest BCUT2D eigenvalue weighted by Gasteiger charge is 2.07. The third-order valence-corrected chi connectivity index (χ3v) is 2.70. The Morgan fingerprint density at radius 3 is 2.94 bits per heavy atom. The van der Waals surface area contributed by atoms with E-state index in [1.807, 2.05) is 0 Å². The summed E-state index contributed by atoms with van der Waals surface area (Å²) in [5, 5.41) is 0. The molecule has 0 unspecified atom stereocenters. The number of imidazole rings is 1. The van der Waals surface area contributed by atoms with Crippen molar-refractivity contribution in [3.63, 3.8) is 0 Å². The van der Waals surface area contributed by atoms with Gasteiger partial charge in [-0.25, -0.2) is 15.0 Å². The second-order valence-corrected chi connectivity index (χ2v) is 4.09. The van der Waals surface area contributed by atoms with Crippen LogP contribution in [0.15, 0.2) is 25.4 Å². The van der Waals surface area contributed by atoms with Gasteiger partial charge in [0, 0.05) is 6.42 Å². The summed E-state index contributed by atoms with van der Waals surface area (Å²) in [4.78, 5) is 16.2. The summed E-state index contributed by atoms with van der Waals surface area (Å²) in [6.07, 6.45) is 6.21. The molecule has 0 spiro atoms. The summed E-state index contributed by atoms with van der Waals surface area (Å²) in [5.41, 5.74) is 8.26. The van der Waals surface area contributed by atoms with Crippen LogP contribution in [0.2, 0.25) is 0 Å². The number of nitrogens with zero attached hydrogens (tertiary/aromatic N) is 3. The first-order valence-corrected chi connectivity index (χ1v) is 5.98. The molecule has 0 amide bonds. The van der Waals surface area contributed by atoms with Crippen molar-refractivity contribution in [2.45, 2.75) is 19.3 Å². The molecule has 2 aromatic rings. The average Bonchev–Trinajstić information content (AvgIpc) is 2.79. The van der Waals surface area contributed by atoms with E-state index in [1.54, 1.807) is 12.3 Å². The van der Waals surface area contributed by atoms with Crippen LogP contribution in [0, 0.1) is 0 Å². The number of nitrogens with two attached hydrogens (primary N) is 1. The standard InChI is InChI=1S/C13H17N5/c1-3-9(2)10-8-15-12-13(16-10)18-11(17-12)6-4-5-7-14/h3,8H,1-2,4-7,14H2,(H,15,16,17,18). The maximum absolute atomic E-state index is 5.46. The Morgan fingerprint density at radius 1 is 1.39 bits per heavy atom. The van der Waals surface area contributed by atoms with E-state index in [1.165, 1.54) is 0 Å². The van der Waals surface area contributed by atoms with Crippen molar-refractivity contribution in [1.29, 1.82) is 0 Å². The third kappa shape index (κ3) is 2.62. The molecule has 2 heterocycles. The van der Waals surface area contributed by atoms with E-state index in [0.29, 0.717) is 17.8 Å². The number of allylic oxidation sites excluding steroid dienone is 2. The normalized spacial score (nSPS) is 10.7. The van der Waals surface area contributed by atoms with Crippen LogP contribution in [-0.4, -0.2) is 26.5 Å². The minimum atomic E-state index is 0.637. The SMILES string of the molecule is C=CC(=C)c1cnc2nc(CCCCN)[nH]c2n1. The molecule has 18 heavy (non-hydrogen) atoms. The molecular formula is C13H17N5. The number of aromatic amines is 1. The Balaban J connectivity index is 2.22. The van der Waals surface area contributed by atoms with Crippen LogP contribution in [0.5, 0.6) is 0 Å². The van der Waals surface area contributed by atoms with Gasteiger partial charge >= 0.3 is 0 Å². The van der Waals surface area contributed by atoms with Gasteiger partial charge in [0.2, 0.25) is 0 Å². The van der Waals surface area contributed by atoms with Crippen LogP contribution >= 0.6 is 0 Å². The molecule has 0 bridgehead atoms. The van der Waals surface area contributed by atoms with Gasteiger partial charge in [-0.3, -0.25) is 0 Å². The average molecular weight is 243 g/mol. The first-order chi connectivity index (χ1) is 8.74. The zero-order valence-corrected chi connectivity index (χ0v) is 10.3. The predicted octanol–water partition coefficient (Wildman–Crippen LogP) is 1.83. The maximum atomic E-state index is 5.46. The van der Waals surface area contributed by atoms with Crippen LogP contribution in [0.1, 0.15) is 24.4 Å². The molecule has 3 N–H and O–H groups in total. The fourth-order valence-corrected chi connectivity index (χ4v) is 1.66. The van der Waals surface area contributed by atoms with Gasteiger partial charge in [-0.1, -0.05) is 19.2 Å². The Kier molecular flexibility index (Phi) is 3.84. The summed E-state index contributed by atoms with van der Waals surface area (Å²) in [6, 6.07) is 0. The summed E-state index contributed by atoms with van der Waals surface area (Å²) in [6.45, 7) is 8.22. The monoisotopic (exact) mass is 243 g/mol. The van der Waals surface area contributed by atoms with Crippen molar-refractivity contribution in [2.24, 2.45) is 5.73 Å². The smallest absolute Gasteiger partial charge is 0.197 e. The Hall–Kier alpha value is -2.01. The fraction of sp³-hybridized carbons (Fsp3) is 0.308. The van der Waals surface area contributed by atoms with Crippen LogP contribution in [-0.2, 0) is 6.42 Å². The molecule has 0 aromatic carbocycles. The predicted molar refractivity (Wildman–Crippen MR) is 72.9 cm³/mol. The number of aryl methyl sites for hydroxylation is 1. The lowest BCUT2D eigenvalue weighted by Gasteiger charge is -1.96. The van der Waals surface area contributed by atoms with Crippen molar-refractivity contribution in [3.05, 3.63) is 36.9 Å². The number of H-pyrrole nitrogens is 1. The van der Waals surface area contributed by atoms with Gasteiger partial charge in [0.1, 0.15) is 5.82 Å². The molecule has 94 valence electrons. The fourth-order valence-electron chi connectivity index (χ4n) is 1.66. The molecule has 0 atom stereocenters. The number of hydrogen-bond acceptors (Lipinski definition) is 4. The molecular weight excluding hydrogens is 226 g/mol. The maximum Gasteiger partial charge on any atom is 0.197 e. The van der Waals surface area contributed by atoms with Gasteiger partial charge in [0.05, 0.1) is 11.9 Å². The highest BCUT2D eigenvalue weighted by atomic mass is 15.0. The first-order valence-electron chi connectivity index (χ1n) is 5.98. The molecule has 5 heteroatoms. The lowest BCUT2D eigenvalue weighted by Crippen LogP contribution is -1.99. The molecule has 0 aliphatic rings. The summed E-state index contributed by atoms with van der Waals surface area (Å²) in [5.74, 6) is 0.903. The van der Waals surface area contributed by atoms with Gasteiger partial charge in [-0.2, -0.15) is 0 Å². The van der Waals surface area contributed by atoms with E-state index >= 15 is 0 Å². The largest absolute Gasteiger partial charge is 0.330 e. The molecule has 5 nitrogen and oxygen atoms in total. The first kappa shape index (κ1) is 12.4. The summed E-state index contributed by atoms with van der Waals surface area (Å²) < 4.78 is 0. The van der Waals surface area contributed by atoms with E-state index in [0.717, 1.165) is 36.4 Å². The second-order valence-electron chi connectivity index (χ2n) is 4.09. The van der Waals surface area contributed by atoms with Crippen molar-refractivity contribution in [2.75, 3.05) is 6.54 Å². The van der Waals surface area contributed by atoms with E-state index in [-0.39, 0.29) is 0 Å². The van der Waals surface area contributed by atoms with Gasteiger partial charge in [0.15, 0.2) is 11.3 Å². The van der Waals surface area contributed by atoms with Gasteiger partial charge in [-0.15, -0.1) is 0 Å². The molecule has 2 aromatic heterocycles. The highest BCUT2D eigenvalue weighted by molar-refractivity contribution is 5.73. The van der Waals surface area contributed by atoms with E-state index < -0.39 is 0 Å². The molecule has 2 rings (SSSR count). The number of unbranched alkanes of at least 4 members (excludes halogenated alkanes) is 1. The highest BCUT2D eigenvalue weighted by Crippen LogP contribution is 2.13. The van der Waals surface area contributed by atoms with E-state index in [4.69, 9.17) is 5.73 Å². The number of aromatic nitrogens is 4. The van der Waals surface area contributed by atoms with Crippen LogP contribution in [0.3, 0.4) is 0 Å². The number of hydrogen-bond donors (Lipinski definition) is 2. The Bertz CT molecular complexity index is 570. The van der Waals surface area contributed by atoms with Gasteiger partial charge in [-0.05, 0) is 25.0 Å². The van der Waals surface area contributed by atoms with Crippen molar-refractivity contribution in [1.82, 2.24) is 19.9 Å². The summed E-state index contributed by atoms with van der Waals surface area (Å²) >= 11 is 0. The molecule has 0 aliphatic carbocycles. The van der Waals surface area contributed by atoms with E-state index in [9.17, 15) is 0 Å². The molecule has 0 fully saturated rings. The van der Waals surface area contributed by atoms with Gasteiger partial charge in [0.25, 0.3) is 0 Å². The third-order valence-electron chi connectivity index (χ3n) is 2.70. The topological polar surface area (TPSA) is 80.5 Å². The van der Waals surface area contributed by atoms with Crippen molar-refractivity contribution >= 4 is 16.9 Å². The zero-order valence-electron chi connectivity index (χ0n) is 10.3. The minimum Gasteiger partial charge on any atom is -0.330 e. The summed E-state index contributed by atoms with van der Waals surface area (Å²) in [7, 11) is 0. The molecule has 0 aliphatic heterocycles.